The highest BCUT2D eigenvalue weighted by molar-refractivity contribution is 6.50. The van der Waals surface area contributed by atoms with Gasteiger partial charge in [-0.1, -0.05) is 52.5 Å². The fourth-order valence-electron chi connectivity index (χ4n) is 0.945. The van der Waals surface area contributed by atoms with E-state index >= 15 is 0 Å². The van der Waals surface area contributed by atoms with Crippen LogP contribution in [0.1, 0.15) is 5.56 Å². The molecule has 0 aromatic heterocycles. The van der Waals surface area contributed by atoms with Crippen LogP contribution in [-0.2, 0) is 6.42 Å². The van der Waals surface area contributed by atoms with Crippen molar-refractivity contribution < 1.29 is 0 Å². The molecule has 0 atom stereocenters. The first-order valence-electron chi connectivity index (χ1n) is 3.67. The van der Waals surface area contributed by atoms with Crippen LogP contribution in [0.25, 0.3) is 0 Å². The number of halogens is 4. The highest BCUT2D eigenvalue weighted by Crippen LogP contribution is 2.28. The number of nitriles is 1. The molecule has 0 heterocycles. The lowest BCUT2D eigenvalue weighted by atomic mass is 10.1. The summed E-state index contributed by atoms with van der Waals surface area (Å²) in [4.78, 5) is 0. The van der Waals surface area contributed by atoms with E-state index in [0.29, 0.717) is 10.0 Å². The molecular formula is C9H5Cl4N. The predicted octanol–water partition coefficient (Wildman–Crippen LogP) is 4.23. The lowest BCUT2D eigenvalue weighted by molar-refractivity contribution is 0.946. The van der Waals surface area contributed by atoms with E-state index in [2.05, 4.69) is 0 Å². The average molecular weight is 269 g/mol. The Labute approximate surface area is 102 Å². The van der Waals surface area contributed by atoms with Crippen LogP contribution in [0.3, 0.4) is 0 Å². The Morgan fingerprint density at radius 1 is 1.21 bits per heavy atom. The number of hydrogen-bond acceptors (Lipinski definition) is 1. The minimum atomic E-state index is -1.42. The van der Waals surface area contributed by atoms with Gasteiger partial charge in [0, 0.05) is 6.42 Å². The lowest BCUT2D eigenvalue weighted by Gasteiger charge is -2.10. The van der Waals surface area contributed by atoms with E-state index in [4.69, 9.17) is 51.7 Å². The molecule has 0 aliphatic carbocycles. The van der Waals surface area contributed by atoms with E-state index in [1.165, 1.54) is 0 Å². The van der Waals surface area contributed by atoms with Crippen LogP contribution < -0.4 is 0 Å². The topological polar surface area (TPSA) is 23.8 Å². The highest BCUT2D eigenvalue weighted by Gasteiger charge is 2.23. The first kappa shape index (κ1) is 11.9. The summed E-state index contributed by atoms with van der Waals surface area (Å²) in [5.74, 6) is 0. The summed E-state index contributed by atoms with van der Waals surface area (Å²) in [6.45, 7) is 0. The second kappa shape index (κ2) is 4.59. The van der Waals surface area contributed by atoms with Crippen molar-refractivity contribution >= 4 is 46.4 Å². The van der Waals surface area contributed by atoms with Gasteiger partial charge in [-0.3, -0.25) is 0 Å². The minimum absolute atomic E-state index is 0.212. The third-order valence-electron chi connectivity index (χ3n) is 1.57. The van der Waals surface area contributed by atoms with Crippen molar-refractivity contribution in [1.29, 1.82) is 5.26 Å². The summed E-state index contributed by atoms with van der Waals surface area (Å²) in [5, 5.41) is 9.49. The molecule has 0 N–H and O–H groups in total. The molecule has 14 heavy (non-hydrogen) atoms. The fourth-order valence-corrected chi connectivity index (χ4v) is 1.57. The third kappa shape index (κ3) is 3.22. The van der Waals surface area contributed by atoms with Gasteiger partial charge in [0.25, 0.3) is 0 Å². The smallest absolute Gasteiger partial charge is 0.195 e. The maximum atomic E-state index is 8.61. The summed E-state index contributed by atoms with van der Waals surface area (Å²) in [6, 6.07) is 6.78. The zero-order valence-corrected chi connectivity index (χ0v) is 9.92. The summed E-state index contributed by atoms with van der Waals surface area (Å²) >= 11 is 22.9. The Hall–Kier alpha value is -0.130. The van der Waals surface area contributed by atoms with E-state index in [-0.39, 0.29) is 6.42 Å². The zero-order chi connectivity index (χ0) is 10.8. The molecule has 1 aromatic carbocycles. The summed E-state index contributed by atoms with van der Waals surface area (Å²) in [6.07, 6.45) is 0.212. The summed E-state index contributed by atoms with van der Waals surface area (Å²) in [5.41, 5.74) is 0.769. The van der Waals surface area contributed by atoms with Crippen LogP contribution in [0.4, 0.5) is 0 Å². The van der Waals surface area contributed by atoms with Crippen molar-refractivity contribution in [2.75, 3.05) is 0 Å². The van der Waals surface area contributed by atoms with E-state index in [9.17, 15) is 0 Å². The van der Waals surface area contributed by atoms with Gasteiger partial charge < -0.3 is 0 Å². The number of nitrogens with zero attached hydrogens (tertiary/aromatic N) is 1. The molecule has 0 radical (unpaired) electrons. The van der Waals surface area contributed by atoms with Gasteiger partial charge in [-0.25, -0.2) is 0 Å². The molecule has 0 bridgehead atoms. The number of rotatable bonds is 2. The molecule has 0 unspecified atom stereocenters. The van der Waals surface area contributed by atoms with Crippen molar-refractivity contribution in [2.45, 2.75) is 10.8 Å². The van der Waals surface area contributed by atoms with Gasteiger partial charge in [-0.2, -0.15) is 5.26 Å². The van der Waals surface area contributed by atoms with Crippen LogP contribution in [-0.4, -0.2) is 4.33 Å². The molecule has 1 rings (SSSR count). The molecule has 5 heteroatoms. The standard InChI is InChI=1S/C9H5Cl4N/c10-7-2-1-6(3-8(7)11)4-9(12,13)5-14/h1-3H,4H2. The molecule has 0 saturated carbocycles. The first-order chi connectivity index (χ1) is 6.44. The summed E-state index contributed by atoms with van der Waals surface area (Å²) < 4.78 is -1.42. The van der Waals surface area contributed by atoms with E-state index in [1.54, 1.807) is 24.3 Å². The minimum Gasteiger partial charge on any atom is -0.195 e. The second-order valence-electron chi connectivity index (χ2n) is 2.74. The largest absolute Gasteiger partial charge is 0.207 e. The van der Waals surface area contributed by atoms with Crippen molar-refractivity contribution in [3.63, 3.8) is 0 Å². The predicted molar refractivity (Wildman–Crippen MR) is 60.2 cm³/mol. The van der Waals surface area contributed by atoms with Crippen molar-refractivity contribution in [1.82, 2.24) is 0 Å². The number of alkyl halides is 2. The molecule has 1 nitrogen and oxygen atoms in total. The zero-order valence-electron chi connectivity index (χ0n) is 6.90. The van der Waals surface area contributed by atoms with E-state index < -0.39 is 4.33 Å². The molecule has 0 aliphatic heterocycles. The van der Waals surface area contributed by atoms with Gasteiger partial charge in [0.05, 0.1) is 10.0 Å². The Kier molecular flexibility index (Phi) is 3.92. The normalized spacial score (nSPS) is 11.1. The molecule has 0 fully saturated rings. The van der Waals surface area contributed by atoms with Crippen molar-refractivity contribution in [3.8, 4) is 6.07 Å². The molecular weight excluding hydrogens is 264 g/mol. The van der Waals surface area contributed by atoms with Gasteiger partial charge in [0.1, 0.15) is 6.07 Å². The fraction of sp³-hybridized carbons (Fsp3) is 0.222. The van der Waals surface area contributed by atoms with Crippen molar-refractivity contribution in [3.05, 3.63) is 33.8 Å². The molecule has 0 amide bonds. The monoisotopic (exact) mass is 267 g/mol. The molecule has 0 aliphatic rings. The quantitative estimate of drug-likeness (QED) is 0.737. The highest BCUT2D eigenvalue weighted by atomic mass is 35.5. The van der Waals surface area contributed by atoms with Gasteiger partial charge in [-0.15, -0.1) is 0 Å². The average Bonchev–Trinajstić information content (AvgIpc) is 2.11. The SMILES string of the molecule is N#CC(Cl)(Cl)Cc1ccc(Cl)c(Cl)c1. The van der Waals surface area contributed by atoms with Crippen LogP contribution in [0.5, 0.6) is 0 Å². The van der Waals surface area contributed by atoms with Crippen LogP contribution >= 0.6 is 46.4 Å². The number of hydrogen-bond donors (Lipinski definition) is 0. The Morgan fingerprint density at radius 2 is 1.86 bits per heavy atom. The van der Waals surface area contributed by atoms with Gasteiger partial charge in [0.2, 0.25) is 4.33 Å². The Balaban J connectivity index is 2.90. The maximum Gasteiger partial charge on any atom is 0.207 e. The van der Waals surface area contributed by atoms with E-state index in [1.807, 2.05) is 0 Å². The molecule has 0 saturated heterocycles. The third-order valence-corrected chi connectivity index (χ3v) is 2.75. The molecule has 1 aromatic rings. The maximum absolute atomic E-state index is 8.61. The van der Waals surface area contributed by atoms with Gasteiger partial charge in [-0.05, 0) is 17.7 Å². The Morgan fingerprint density at radius 3 is 2.36 bits per heavy atom. The Bertz CT molecular complexity index is 381. The van der Waals surface area contributed by atoms with E-state index in [0.717, 1.165) is 5.56 Å². The van der Waals surface area contributed by atoms with Crippen LogP contribution in [0.2, 0.25) is 10.0 Å². The van der Waals surface area contributed by atoms with Crippen LogP contribution in [0, 0.1) is 11.3 Å². The van der Waals surface area contributed by atoms with Gasteiger partial charge in [0.15, 0.2) is 0 Å². The first-order valence-corrected chi connectivity index (χ1v) is 5.19. The number of benzene rings is 1. The molecule has 74 valence electrons. The second-order valence-corrected chi connectivity index (χ2v) is 5.04. The van der Waals surface area contributed by atoms with Crippen LogP contribution in [0.15, 0.2) is 18.2 Å². The molecule has 0 spiro atoms. The lowest BCUT2D eigenvalue weighted by Crippen LogP contribution is -2.12. The van der Waals surface area contributed by atoms with Gasteiger partial charge >= 0.3 is 0 Å². The summed E-state index contributed by atoms with van der Waals surface area (Å²) in [7, 11) is 0. The van der Waals surface area contributed by atoms with Crippen molar-refractivity contribution in [2.24, 2.45) is 0 Å².